The zero-order chi connectivity index (χ0) is 11.1. The Hall–Kier alpha value is -1.10. The Labute approximate surface area is 83.7 Å². The molecule has 0 spiro atoms. The Kier molecular flexibility index (Phi) is 5.87. The molecule has 0 saturated heterocycles. The van der Waals surface area contributed by atoms with Crippen LogP contribution in [0.25, 0.3) is 0 Å². The maximum atomic E-state index is 11.3. The zero-order valence-corrected chi connectivity index (χ0v) is 8.62. The average molecular weight is 202 g/mol. The van der Waals surface area contributed by atoms with Gasteiger partial charge in [0.25, 0.3) is 0 Å². The minimum absolute atomic E-state index is 0.226. The van der Waals surface area contributed by atoms with Gasteiger partial charge in [0.15, 0.2) is 0 Å². The molecule has 5 nitrogen and oxygen atoms in total. The number of carbonyl (C=O) groups is 2. The second-order valence-electron chi connectivity index (χ2n) is 3.32. The normalized spacial score (nSPS) is 14.5. The van der Waals surface area contributed by atoms with Crippen molar-refractivity contribution < 1.29 is 14.7 Å². The lowest BCUT2D eigenvalue weighted by Crippen LogP contribution is -2.44. The fourth-order valence-electron chi connectivity index (χ4n) is 0.967. The van der Waals surface area contributed by atoms with E-state index in [0.29, 0.717) is 12.8 Å². The first kappa shape index (κ1) is 12.9. The molecule has 0 heterocycles. The van der Waals surface area contributed by atoms with Crippen LogP contribution in [0.1, 0.15) is 26.7 Å². The summed E-state index contributed by atoms with van der Waals surface area (Å²) in [7, 11) is 0. The lowest BCUT2D eigenvalue weighted by Gasteiger charge is -2.16. The number of aliphatic carboxylic acids is 1. The van der Waals surface area contributed by atoms with E-state index >= 15 is 0 Å². The minimum Gasteiger partial charge on any atom is -0.480 e. The van der Waals surface area contributed by atoms with Crippen molar-refractivity contribution in [3.8, 4) is 0 Å². The van der Waals surface area contributed by atoms with E-state index in [-0.39, 0.29) is 18.4 Å². The molecule has 82 valence electrons. The standard InChI is InChI=1S/C9H18N2O3/c1-3-4-7(9(13)14)11-8(12)6(2)5-10/h6-7H,3-5,10H2,1-2H3,(H,11,12)(H,13,14). The molecular formula is C9H18N2O3. The lowest BCUT2D eigenvalue weighted by molar-refractivity contribution is -0.142. The minimum atomic E-state index is -0.996. The summed E-state index contributed by atoms with van der Waals surface area (Å²) < 4.78 is 0. The predicted molar refractivity (Wildman–Crippen MR) is 52.7 cm³/mol. The second kappa shape index (κ2) is 6.37. The number of hydrogen-bond donors (Lipinski definition) is 3. The van der Waals surface area contributed by atoms with Gasteiger partial charge < -0.3 is 16.2 Å². The third kappa shape index (κ3) is 4.23. The molecule has 0 bridgehead atoms. The summed E-state index contributed by atoms with van der Waals surface area (Å²) in [4.78, 5) is 22.0. The van der Waals surface area contributed by atoms with Gasteiger partial charge in [-0.3, -0.25) is 4.79 Å². The number of nitrogens with two attached hydrogens (primary N) is 1. The van der Waals surface area contributed by atoms with Crippen molar-refractivity contribution in [2.75, 3.05) is 6.54 Å². The highest BCUT2D eigenvalue weighted by atomic mass is 16.4. The van der Waals surface area contributed by atoms with E-state index < -0.39 is 12.0 Å². The molecule has 0 aromatic carbocycles. The van der Waals surface area contributed by atoms with E-state index in [1.54, 1.807) is 6.92 Å². The van der Waals surface area contributed by atoms with Gasteiger partial charge in [0.1, 0.15) is 6.04 Å². The van der Waals surface area contributed by atoms with Gasteiger partial charge >= 0.3 is 5.97 Å². The maximum absolute atomic E-state index is 11.3. The number of hydrogen-bond acceptors (Lipinski definition) is 3. The Bertz CT molecular complexity index is 206. The van der Waals surface area contributed by atoms with Crippen LogP contribution in [0.2, 0.25) is 0 Å². The highest BCUT2D eigenvalue weighted by molar-refractivity contribution is 5.84. The fraction of sp³-hybridized carbons (Fsp3) is 0.778. The number of carboxylic acids is 1. The molecular weight excluding hydrogens is 184 g/mol. The Morgan fingerprint density at radius 1 is 1.50 bits per heavy atom. The van der Waals surface area contributed by atoms with Crippen molar-refractivity contribution in [1.82, 2.24) is 5.32 Å². The molecule has 0 aliphatic heterocycles. The quantitative estimate of drug-likeness (QED) is 0.563. The van der Waals surface area contributed by atoms with Crippen LogP contribution in [-0.2, 0) is 9.59 Å². The van der Waals surface area contributed by atoms with Crippen LogP contribution in [0.15, 0.2) is 0 Å². The van der Waals surface area contributed by atoms with E-state index in [9.17, 15) is 9.59 Å². The van der Waals surface area contributed by atoms with Crippen LogP contribution in [0.3, 0.4) is 0 Å². The third-order valence-electron chi connectivity index (χ3n) is 1.99. The van der Waals surface area contributed by atoms with E-state index in [2.05, 4.69) is 5.32 Å². The molecule has 2 unspecified atom stereocenters. The number of nitrogens with one attached hydrogen (secondary N) is 1. The maximum Gasteiger partial charge on any atom is 0.326 e. The van der Waals surface area contributed by atoms with Crippen molar-refractivity contribution in [2.45, 2.75) is 32.7 Å². The van der Waals surface area contributed by atoms with Crippen LogP contribution in [0, 0.1) is 5.92 Å². The summed E-state index contributed by atoms with van der Waals surface area (Å²) in [5.74, 6) is -1.63. The third-order valence-corrected chi connectivity index (χ3v) is 1.99. The fourth-order valence-corrected chi connectivity index (χ4v) is 0.967. The van der Waals surface area contributed by atoms with Gasteiger partial charge in [-0.2, -0.15) is 0 Å². The molecule has 0 radical (unpaired) electrons. The van der Waals surface area contributed by atoms with Crippen LogP contribution in [0.4, 0.5) is 0 Å². The SMILES string of the molecule is CCCC(NC(=O)C(C)CN)C(=O)O. The van der Waals surface area contributed by atoms with Crippen LogP contribution < -0.4 is 11.1 Å². The van der Waals surface area contributed by atoms with Gasteiger partial charge in [-0.15, -0.1) is 0 Å². The second-order valence-corrected chi connectivity index (χ2v) is 3.32. The van der Waals surface area contributed by atoms with Crippen LogP contribution in [0.5, 0.6) is 0 Å². The smallest absolute Gasteiger partial charge is 0.326 e. The van der Waals surface area contributed by atoms with E-state index in [0.717, 1.165) is 0 Å². The first-order chi connectivity index (χ1) is 6.52. The average Bonchev–Trinajstić information content (AvgIpc) is 2.15. The van der Waals surface area contributed by atoms with Gasteiger partial charge in [-0.25, -0.2) is 4.79 Å². The van der Waals surface area contributed by atoms with Gasteiger partial charge in [0, 0.05) is 12.5 Å². The molecule has 0 rings (SSSR count). The predicted octanol–water partition coefficient (Wildman–Crippen LogP) is -0.0493. The number of rotatable bonds is 6. The number of carbonyl (C=O) groups excluding carboxylic acids is 1. The molecule has 0 saturated carbocycles. The zero-order valence-electron chi connectivity index (χ0n) is 8.62. The molecule has 0 aliphatic rings. The van der Waals surface area contributed by atoms with Crippen molar-refractivity contribution in [3.05, 3.63) is 0 Å². The summed E-state index contributed by atoms with van der Waals surface area (Å²) in [6, 6.07) is -0.790. The van der Waals surface area contributed by atoms with Crippen molar-refractivity contribution in [3.63, 3.8) is 0 Å². The van der Waals surface area contributed by atoms with Crippen molar-refractivity contribution >= 4 is 11.9 Å². The summed E-state index contributed by atoms with van der Waals surface area (Å²) >= 11 is 0. The molecule has 5 heteroatoms. The summed E-state index contributed by atoms with van der Waals surface area (Å²) in [5, 5.41) is 11.2. The van der Waals surface area contributed by atoms with E-state index in [4.69, 9.17) is 10.8 Å². The Morgan fingerprint density at radius 2 is 2.07 bits per heavy atom. The first-order valence-electron chi connectivity index (χ1n) is 4.76. The highest BCUT2D eigenvalue weighted by Crippen LogP contribution is 1.99. The molecule has 4 N–H and O–H groups in total. The summed E-state index contributed by atoms with van der Waals surface area (Å²) in [6.07, 6.45) is 1.16. The monoisotopic (exact) mass is 202 g/mol. The molecule has 1 amide bonds. The number of carboxylic acid groups (broad SMARTS) is 1. The van der Waals surface area contributed by atoms with Gasteiger partial charge in [0.2, 0.25) is 5.91 Å². The highest BCUT2D eigenvalue weighted by Gasteiger charge is 2.21. The van der Waals surface area contributed by atoms with Crippen LogP contribution >= 0.6 is 0 Å². The molecule has 0 aromatic rings. The van der Waals surface area contributed by atoms with Crippen molar-refractivity contribution in [1.29, 1.82) is 0 Å². The van der Waals surface area contributed by atoms with Gasteiger partial charge in [-0.1, -0.05) is 20.3 Å². The lowest BCUT2D eigenvalue weighted by atomic mass is 10.1. The first-order valence-corrected chi connectivity index (χ1v) is 4.76. The van der Waals surface area contributed by atoms with Crippen molar-refractivity contribution in [2.24, 2.45) is 11.7 Å². The van der Waals surface area contributed by atoms with Crippen LogP contribution in [-0.4, -0.2) is 29.6 Å². The summed E-state index contributed by atoms with van der Waals surface area (Å²) in [5.41, 5.74) is 5.29. The van der Waals surface area contributed by atoms with E-state index in [1.807, 2.05) is 6.92 Å². The molecule has 0 aromatic heterocycles. The summed E-state index contributed by atoms with van der Waals surface area (Å²) in [6.45, 7) is 3.76. The van der Waals surface area contributed by atoms with E-state index in [1.165, 1.54) is 0 Å². The molecule has 0 aliphatic carbocycles. The molecule has 2 atom stereocenters. The Morgan fingerprint density at radius 3 is 2.43 bits per heavy atom. The molecule has 14 heavy (non-hydrogen) atoms. The van der Waals surface area contributed by atoms with Gasteiger partial charge in [-0.05, 0) is 6.42 Å². The largest absolute Gasteiger partial charge is 0.480 e. The Balaban J connectivity index is 4.15. The van der Waals surface area contributed by atoms with Gasteiger partial charge in [0.05, 0.1) is 0 Å². The molecule has 0 fully saturated rings. The number of amides is 1. The topological polar surface area (TPSA) is 92.4 Å².